The van der Waals surface area contributed by atoms with Gasteiger partial charge in [-0.1, -0.05) is 0 Å². The van der Waals surface area contributed by atoms with E-state index in [0.29, 0.717) is 0 Å². The van der Waals surface area contributed by atoms with Crippen molar-refractivity contribution in [3.63, 3.8) is 0 Å². The van der Waals surface area contributed by atoms with E-state index in [1.54, 1.807) is 25.7 Å². The smallest absolute Gasteiger partial charge is 0.00309 e. The molecule has 120 valence electrons. The van der Waals surface area contributed by atoms with Crippen LogP contribution in [0.3, 0.4) is 0 Å². The molecule has 0 nitrogen and oxygen atoms in total. The van der Waals surface area contributed by atoms with Gasteiger partial charge in [-0.05, 0) is 101 Å². The summed E-state index contributed by atoms with van der Waals surface area (Å²) in [5.74, 6) is 16.1. The Morgan fingerprint density at radius 2 is 0.714 bits per heavy atom. The molecule has 0 unspecified atom stereocenters. The molecular formula is C17H28S4. The van der Waals surface area contributed by atoms with E-state index in [-0.39, 0.29) is 0 Å². The van der Waals surface area contributed by atoms with Crippen molar-refractivity contribution in [3.8, 4) is 0 Å². The van der Waals surface area contributed by atoms with Crippen LogP contribution in [0.15, 0.2) is 0 Å². The second kappa shape index (κ2) is 7.11. The van der Waals surface area contributed by atoms with Gasteiger partial charge in [-0.15, -0.1) is 0 Å². The molecule has 0 aromatic rings. The van der Waals surface area contributed by atoms with Crippen LogP contribution in [0, 0.1) is 29.1 Å². The quantitative estimate of drug-likeness (QED) is 0.598. The van der Waals surface area contributed by atoms with E-state index in [1.165, 1.54) is 46.0 Å². The molecule has 21 heavy (non-hydrogen) atoms. The second-order valence-electron chi connectivity index (χ2n) is 7.93. The Morgan fingerprint density at radius 1 is 0.476 bits per heavy atom. The van der Waals surface area contributed by atoms with Crippen LogP contribution < -0.4 is 0 Å². The van der Waals surface area contributed by atoms with Gasteiger partial charge in [-0.3, -0.25) is 0 Å². The minimum Gasteiger partial charge on any atom is -0.161 e. The number of hydrogen-bond donors (Lipinski definition) is 0. The van der Waals surface area contributed by atoms with E-state index in [4.69, 9.17) is 0 Å². The summed E-state index contributed by atoms with van der Waals surface area (Å²) in [6.45, 7) is 0. The third-order valence-corrected chi connectivity index (χ3v) is 11.4. The molecule has 0 radical (unpaired) electrons. The first kappa shape index (κ1) is 15.9. The maximum absolute atomic E-state index is 2.19. The van der Waals surface area contributed by atoms with E-state index in [9.17, 15) is 0 Å². The molecule has 4 heterocycles. The van der Waals surface area contributed by atoms with Crippen LogP contribution >= 0.6 is 47.0 Å². The molecule has 0 saturated carbocycles. The van der Waals surface area contributed by atoms with E-state index in [2.05, 4.69) is 47.0 Å². The van der Waals surface area contributed by atoms with E-state index in [0.717, 1.165) is 29.1 Å². The standard InChI is InChI=1S/C17H28S4/c1(13-5-18-6-13)17(2-14-7-19-8-14,3-15-9-20-10-15)4-16-11-21-12-16/h13-16H,1-12H2. The highest BCUT2D eigenvalue weighted by molar-refractivity contribution is 8.01. The van der Waals surface area contributed by atoms with Crippen molar-refractivity contribution in [2.24, 2.45) is 29.1 Å². The monoisotopic (exact) mass is 360 g/mol. The summed E-state index contributed by atoms with van der Waals surface area (Å²) in [7, 11) is 0. The van der Waals surface area contributed by atoms with Gasteiger partial charge in [-0.25, -0.2) is 0 Å². The van der Waals surface area contributed by atoms with Crippen LogP contribution in [0.1, 0.15) is 25.7 Å². The van der Waals surface area contributed by atoms with Crippen molar-refractivity contribution in [1.82, 2.24) is 0 Å². The zero-order valence-corrected chi connectivity index (χ0v) is 16.2. The summed E-state index contributed by atoms with van der Waals surface area (Å²) in [5, 5.41) is 0. The van der Waals surface area contributed by atoms with Crippen molar-refractivity contribution in [2.45, 2.75) is 25.7 Å². The Kier molecular flexibility index (Phi) is 5.38. The molecule has 4 aliphatic heterocycles. The maximum atomic E-state index is 2.19. The molecule has 0 aromatic heterocycles. The third kappa shape index (κ3) is 3.91. The lowest BCUT2D eigenvalue weighted by molar-refractivity contribution is 0.110. The fourth-order valence-electron chi connectivity index (χ4n) is 4.56. The van der Waals surface area contributed by atoms with Crippen LogP contribution in [0.4, 0.5) is 0 Å². The predicted molar refractivity (Wildman–Crippen MR) is 104 cm³/mol. The summed E-state index contributed by atoms with van der Waals surface area (Å²) in [5.41, 5.74) is 0.745. The highest BCUT2D eigenvalue weighted by atomic mass is 32.2. The van der Waals surface area contributed by atoms with E-state index < -0.39 is 0 Å². The lowest BCUT2D eigenvalue weighted by Crippen LogP contribution is -2.41. The topological polar surface area (TPSA) is 0 Å². The summed E-state index contributed by atoms with van der Waals surface area (Å²) in [6.07, 6.45) is 6.35. The largest absolute Gasteiger partial charge is 0.161 e. The summed E-state index contributed by atoms with van der Waals surface area (Å²) in [4.78, 5) is 0. The minimum atomic E-state index is 0.745. The highest BCUT2D eigenvalue weighted by Crippen LogP contribution is 2.53. The molecule has 0 aliphatic carbocycles. The number of thioether (sulfide) groups is 4. The third-order valence-electron chi connectivity index (χ3n) is 5.72. The van der Waals surface area contributed by atoms with Gasteiger partial charge in [0.2, 0.25) is 0 Å². The summed E-state index contributed by atoms with van der Waals surface area (Å²) < 4.78 is 0. The molecule has 0 aromatic carbocycles. The summed E-state index contributed by atoms with van der Waals surface area (Å²) >= 11 is 8.76. The lowest BCUT2D eigenvalue weighted by atomic mass is 9.65. The maximum Gasteiger partial charge on any atom is -0.00309 e. The van der Waals surface area contributed by atoms with Crippen LogP contribution in [0.25, 0.3) is 0 Å². The molecule has 4 fully saturated rings. The van der Waals surface area contributed by atoms with Gasteiger partial charge in [0, 0.05) is 0 Å². The van der Waals surface area contributed by atoms with Crippen molar-refractivity contribution in [2.75, 3.05) is 46.0 Å². The first-order valence-electron chi connectivity index (χ1n) is 8.62. The fourth-order valence-corrected chi connectivity index (χ4v) is 7.78. The Balaban J connectivity index is 1.45. The zero-order chi connectivity index (χ0) is 14.1. The van der Waals surface area contributed by atoms with Gasteiger partial charge in [0.15, 0.2) is 0 Å². The molecule has 4 heteroatoms. The minimum absolute atomic E-state index is 0.745. The van der Waals surface area contributed by atoms with Crippen LogP contribution in [-0.2, 0) is 0 Å². The Labute approximate surface area is 147 Å². The molecule has 0 atom stereocenters. The first-order valence-corrected chi connectivity index (χ1v) is 13.2. The van der Waals surface area contributed by atoms with Gasteiger partial charge in [-0.2, -0.15) is 47.0 Å². The van der Waals surface area contributed by atoms with Gasteiger partial charge in [0.05, 0.1) is 0 Å². The fraction of sp³-hybridized carbons (Fsp3) is 1.00. The SMILES string of the molecule is C1SCC1CC(CC1CSC1)(CC1CSC1)CC1CSC1. The van der Waals surface area contributed by atoms with Crippen LogP contribution in [-0.4, -0.2) is 46.0 Å². The van der Waals surface area contributed by atoms with Gasteiger partial charge in [0.1, 0.15) is 0 Å². The molecular weight excluding hydrogens is 332 g/mol. The van der Waals surface area contributed by atoms with Gasteiger partial charge in [0.25, 0.3) is 0 Å². The van der Waals surface area contributed by atoms with Gasteiger partial charge >= 0.3 is 0 Å². The molecule has 4 rings (SSSR count). The Bertz CT molecular complexity index is 273. The average Bonchev–Trinajstić information content (AvgIpc) is 2.28. The molecule has 0 N–H and O–H groups in total. The highest BCUT2D eigenvalue weighted by Gasteiger charge is 2.43. The first-order chi connectivity index (χ1) is 10.3. The average molecular weight is 361 g/mol. The van der Waals surface area contributed by atoms with Crippen molar-refractivity contribution in [3.05, 3.63) is 0 Å². The lowest BCUT2D eigenvalue weighted by Gasteiger charge is -2.48. The normalized spacial score (nSPS) is 28.6. The Hall–Kier alpha value is 1.40. The molecule has 4 saturated heterocycles. The van der Waals surface area contributed by atoms with Crippen molar-refractivity contribution >= 4 is 47.0 Å². The van der Waals surface area contributed by atoms with Gasteiger partial charge < -0.3 is 0 Å². The second-order valence-corrected chi connectivity index (χ2v) is 12.2. The van der Waals surface area contributed by atoms with Crippen molar-refractivity contribution in [1.29, 1.82) is 0 Å². The number of rotatable bonds is 8. The zero-order valence-electron chi connectivity index (χ0n) is 12.9. The summed E-state index contributed by atoms with van der Waals surface area (Å²) in [6, 6.07) is 0. The Morgan fingerprint density at radius 3 is 0.857 bits per heavy atom. The van der Waals surface area contributed by atoms with Crippen LogP contribution in [0.2, 0.25) is 0 Å². The predicted octanol–water partition coefficient (Wildman–Crippen LogP) is 4.99. The van der Waals surface area contributed by atoms with E-state index >= 15 is 0 Å². The molecule has 0 spiro atoms. The molecule has 0 amide bonds. The number of hydrogen-bond acceptors (Lipinski definition) is 4. The molecule has 4 aliphatic rings. The van der Waals surface area contributed by atoms with E-state index in [1.807, 2.05) is 0 Å². The van der Waals surface area contributed by atoms with Crippen molar-refractivity contribution < 1.29 is 0 Å². The molecule has 0 bridgehead atoms. The van der Waals surface area contributed by atoms with Crippen LogP contribution in [0.5, 0.6) is 0 Å².